The van der Waals surface area contributed by atoms with Gasteiger partial charge in [-0.25, -0.2) is 0 Å². The molecule has 1 amide bonds. The Balaban J connectivity index is 1.90. The first-order chi connectivity index (χ1) is 8.26. The van der Waals surface area contributed by atoms with Crippen LogP contribution in [-0.4, -0.2) is 36.4 Å². The van der Waals surface area contributed by atoms with Crippen LogP contribution in [0.4, 0.5) is 0 Å². The Morgan fingerprint density at radius 2 is 2.06 bits per heavy atom. The molecule has 1 atom stereocenters. The predicted molar refractivity (Wildman–Crippen MR) is 64.6 cm³/mol. The number of hydrogen-bond acceptors (Lipinski definition) is 3. The third kappa shape index (κ3) is 3.19. The summed E-state index contributed by atoms with van der Waals surface area (Å²) in [4.78, 5) is 12.1. The first kappa shape index (κ1) is 12.8. The average molecular weight is 241 g/mol. The van der Waals surface area contributed by atoms with Crippen molar-refractivity contribution in [2.75, 3.05) is 19.8 Å². The molecule has 1 aliphatic heterocycles. The minimum atomic E-state index is -0.354. The SMILES string of the molecule is O=C(NC1(CO)CCCCC1)C1CCCOC1. The fourth-order valence-electron chi connectivity index (χ4n) is 2.86. The molecule has 0 radical (unpaired) electrons. The highest BCUT2D eigenvalue weighted by molar-refractivity contribution is 5.79. The first-order valence-corrected chi connectivity index (χ1v) is 6.76. The zero-order valence-electron chi connectivity index (χ0n) is 10.4. The highest BCUT2D eigenvalue weighted by Gasteiger charge is 2.35. The van der Waals surface area contributed by atoms with Crippen LogP contribution in [0.15, 0.2) is 0 Å². The van der Waals surface area contributed by atoms with Crippen LogP contribution in [0.2, 0.25) is 0 Å². The van der Waals surface area contributed by atoms with Crippen molar-refractivity contribution in [3.63, 3.8) is 0 Å². The molecule has 1 aliphatic carbocycles. The maximum Gasteiger partial charge on any atom is 0.225 e. The number of nitrogens with one attached hydrogen (secondary N) is 1. The second-order valence-corrected chi connectivity index (χ2v) is 5.40. The summed E-state index contributed by atoms with van der Waals surface area (Å²) in [6.07, 6.45) is 7.09. The molecule has 0 spiro atoms. The number of carbonyl (C=O) groups excluding carboxylic acids is 1. The zero-order valence-corrected chi connectivity index (χ0v) is 10.4. The third-order valence-corrected chi connectivity index (χ3v) is 4.03. The molecule has 4 nitrogen and oxygen atoms in total. The van der Waals surface area contributed by atoms with Crippen LogP contribution in [0.3, 0.4) is 0 Å². The second kappa shape index (κ2) is 5.83. The van der Waals surface area contributed by atoms with E-state index in [-0.39, 0.29) is 24.0 Å². The highest BCUT2D eigenvalue weighted by Crippen LogP contribution is 2.28. The molecule has 4 heteroatoms. The lowest BCUT2D eigenvalue weighted by atomic mass is 9.81. The van der Waals surface area contributed by atoms with E-state index in [0.717, 1.165) is 45.1 Å². The van der Waals surface area contributed by atoms with Gasteiger partial charge in [-0.1, -0.05) is 19.3 Å². The van der Waals surface area contributed by atoms with Crippen LogP contribution in [0.1, 0.15) is 44.9 Å². The molecule has 0 aromatic heterocycles. The van der Waals surface area contributed by atoms with Gasteiger partial charge >= 0.3 is 0 Å². The summed E-state index contributed by atoms with van der Waals surface area (Å²) in [5.41, 5.74) is -0.354. The van der Waals surface area contributed by atoms with Crippen molar-refractivity contribution < 1.29 is 14.6 Å². The van der Waals surface area contributed by atoms with Crippen LogP contribution in [0.5, 0.6) is 0 Å². The van der Waals surface area contributed by atoms with E-state index in [1.165, 1.54) is 6.42 Å². The monoisotopic (exact) mass is 241 g/mol. The van der Waals surface area contributed by atoms with Crippen molar-refractivity contribution in [3.8, 4) is 0 Å². The van der Waals surface area contributed by atoms with Gasteiger partial charge in [0, 0.05) is 6.61 Å². The molecule has 1 unspecified atom stereocenters. The van der Waals surface area contributed by atoms with E-state index in [4.69, 9.17) is 4.74 Å². The molecule has 17 heavy (non-hydrogen) atoms. The normalized spacial score (nSPS) is 28.6. The van der Waals surface area contributed by atoms with Crippen LogP contribution < -0.4 is 5.32 Å². The molecular formula is C13H23NO3. The summed E-state index contributed by atoms with van der Waals surface area (Å²) < 4.78 is 5.34. The van der Waals surface area contributed by atoms with Crippen molar-refractivity contribution in [2.45, 2.75) is 50.5 Å². The van der Waals surface area contributed by atoms with E-state index in [0.29, 0.717) is 6.61 Å². The first-order valence-electron chi connectivity index (χ1n) is 6.76. The number of rotatable bonds is 3. The number of aliphatic hydroxyl groups is 1. The molecule has 0 aromatic rings. The lowest BCUT2D eigenvalue weighted by Crippen LogP contribution is -2.54. The highest BCUT2D eigenvalue weighted by atomic mass is 16.5. The molecule has 2 rings (SSSR count). The zero-order chi connectivity index (χ0) is 12.1. The lowest BCUT2D eigenvalue weighted by Gasteiger charge is -2.38. The van der Waals surface area contributed by atoms with Crippen molar-refractivity contribution in [1.82, 2.24) is 5.32 Å². The van der Waals surface area contributed by atoms with E-state index in [1.807, 2.05) is 0 Å². The molecule has 1 heterocycles. The van der Waals surface area contributed by atoms with E-state index in [2.05, 4.69) is 5.32 Å². The molecule has 98 valence electrons. The molecule has 0 aromatic carbocycles. The van der Waals surface area contributed by atoms with Gasteiger partial charge < -0.3 is 15.2 Å². The molecule has 2 fully saturated rings. The number of aliphatic hydroxyl groups excluding tert-OH is 1. The van der Waals surface area contributed by atoms with Crippen molar-refractivity contribution in [1.29, 1.82) is 0 Å². The summed E-state index contributed by atoms with van der Waals surface area (Å²) in [5, 5.41) is 12.6. The fraction of sp³-hybridized carbons (Fsp3) is 0.923. The van der Waals surface area contributed by atoms with Gasteiger partial charge in [0.25, 0.3) is 0 Å². The topological polar surface area (TPSA) is 58.6 Å². The average Bonchev–Trinajstić information content (AvgIpc) is 2.41. The smallest absolute Gasteiger partial charge is 0.225 e. The lowest BCUT2D eigenvalue weighted by molar-refractivity contribution is -0.132. The standard InChI is InChI=1S/C13H23NO3/c15-10-13(6-2-1-3-7-13)14-12(16)11-5-4-8-17-9-11/h11,15H,1-10H2,(H,14,16). The van der Waals surface area contributed by atoms with Gasteiger partial charge in [-0.05, 0) is 25.7 Å². The maximum atomic E-state index is 12.1. The van der Waals surface area contributed by atoms with Gasteiger partial charge in [0.2, 0.25) is 5.91 Å². The van der Waals surface area contributed by atoms with Gasteiger partial charge in [0.05, 0.1) is 24.7 Å². The van der Waals surface area contributed by atoms with Crippen LogP contribution in [0, 0.1) is 5.92 Å². The van der Waals surface area contributed by atoms with Crippen LogP contribution in [0.25, 0.3) is 0 Å². The Kier molecular flexibility index (Phi) is 4.40. The Bertz CT molecular complexity index is 255. The van der Waals surface area contributed by atoms with Crippen molar-refractivity contribution in [2.24, 2.45) is 5.92 Å². The predicted octanol–water partition coefficient (Wildman–Crippen LogP) is 1.22. The van der Waals surface area contributed by atoms with Gasteiger partial charge in [-0.2, -0.15) is 0 Å². The summed E-state index contributed by atoms with van der Waals surface area (Å²) >= 11 is 0. The quantitative estimate of drug-likeness (QED) is 0.781. The Morgan fingerprint density at radius 3 is 2.65 bits per heavy atom. The number of ether oxygens (including phenoxy) is 1. The number of hydrogen-bond donors (Lipinski definition) is 2. The van der Waals surface area contributed by atoms with Crippen LogP contribution in [-0.2, 0) is 9.53 Å². The van der Waals surface area contributed by atoms with E-state index >= 15 is 0 Å². The van der Waals surface area contributed by atoms with Gasteiger partial charge in [-0.3, -0.25) is 4.79 Å². The maximum absolute atomic E-state index is 12.1. The Hall–Kier alpha value is -0.610. The minimum Gasteiger partial charge on any atom is -0.394 e. The third-order valence-electron chi connectivity index (χ3n) is 4.03. The van der Waals surface area contributed by atoms with E-state index in [9.17, 15) is 9.90 Å². The van der Waals surface area contributed by atoms with Crippen LogP contribution >= 0.6 is 0 Å². The second-order valence-electron chi connectivity index (χ2n) is 5.40. The Morgan fingerprint density at radius 1 is 1.29 bits per heavy atom. The van der Waals surface area contributed by atoms with E-state index in [1.54, 1.807) is 0 Å². The largest absolute Gasteiger partial charge is 0.394 e. The summed E-state index contributed by atoms with van der Waals surface area (Å²) in [6, 6.07) is 0. The summed E-state index contributed by atoms with van der Waals surface area (Å²) in [6.45, 7) is 1.37. The Labute approximate surface area is 103 Å². The minimum absolute atomic E-state index is 0.0194. The molecule has 2 N–H and O–H groups in total. The number of carbonyl (C=O) groups is 1. The summed E-state index contributed by atoms with van der Waals surface area (Å²) in [5.74, 6) is 0.0507. The molecular weight excluding hydrogens is 218 g/mol. The summed E-state index contributed by atoms with van der Waals surface area (Å²) in [7, 11) is 0. The molecule has 1 saturated carbocycles. The van der Waals surface area contributed by atoms with Gasteiger partial charge in [0.15, 0.2) is 0 Å². The van der Waals surface area contributed by atoms with Crippen molar-refractivity contribution in [3.05, 3.63) is 0 Å². The van der Waals surface area contributed by atoms with Gasteiger partial charge in [0.1, 0.15) is 0 Å². The van der Waals surface area contributed by atoms with Gasteiger partial charge in [-0.15, -0.1) is 0 Å². The van der Waals surface area contributed by atoms with E-state index < -0.39 is 0 Å². The fourth-order valence-corrected chi connectivity index (χ4v) is 2.86. The molecule has 1 saturated heterocycles. The number of amides is 1. The molecule has 2 aliphatic rings. The molecule has 0 bridgehead atoms. The van der Waals surface area contributed by atoms with Crippen molar-refractivity contribution >= 4 is 5.91 Å².